The van der Waals surface area contributed by atoms with Crippen LogP contribution in [-0.4, -0.2) is 102 Å². The Balaban J connectivity index is 1.34. The molecule has 2 fully saturated rings. The van der Waals surface area contributed by atoms with Crippen molar-refractivity contribution in [3.8, 4) is 0 Å². The number of aliphatic hydroxyl groups is 1. The number of nitrogens with zero attached hydrogens (tertiary/aromatic N) is 2. The Hall–Kier alpha value is -6.16. The molecule has 2 aliphatic rings. The minimum absolute atomic E-state index is 0.00623. The van der Waals surface area contributed by atoms with Gasteiger partial charge in [0.05, 0.1) is 29.1 Å². The molecule has 2 unspecified atom stereocenters. The molecule has 16 heteroatoms. The fourth-order valence-electron chi connectivity index (χ4n) is 7.72. The third-order valence-corrected chi connectivity index (χ3v) is 11.3. The molecule has 2 saturated heterocycles. The Bertz CT molecular complexity index is 2770. The third-order valence-electron chi connectivity index (χ3n) is 11.3. The van der Waals surface area contributed by atoms with Gasteiger partial charge in [0.25, 0.3) is 0 Å². The van der Waals surface area contributed by atoms with Gasteiger partial charge in [-0.15, -0.1) is 0 Å². The van der Waals surface area contributed by atoms with Crippen LogP contribution in [0.1, 0.15) is 137 Å². The van der Waals surface area contributed by atoms with E-state index in [9.17, 15) is 33.9 Å². The first-order valence-electron chi connectivity index (χ1n) is 29.3. The van der Waals surface area contributed by atoms with Gasteiger partial charge in [0.15, 0.2) is 0 Å². The van der Waals surface area contributed by atoms with Crippen molar-refractivity contribution in [2.45, 2.75) is 128 Å². The number of benzene rings is 3. The van der Waals surface area contributed by atoms with E-state index in [0.29, 0.717) is 17.5 Å². The number of carbonyl (C=O) groups excluding carboxylic acids is 6. The lowest BCUT2D eigenvalue weighted by Gasteiger charge is -2.30. The summed E-state index contributed by atoms with van der Waals surface area (Å²) in [4.78, 5) is 82.3. The zero-order chi connectivity index (χ0) is 62.0. The van der Waals surface area contributed by atoms with Crippen LogP contribution in [-0.2, 0) is 34.1 Å². The maximum absolute atomic E-state index is 14.2. The number of hydrogen-bond donors (Lipinski definition) is 6. The average Bonchev–Trinajstić information content (AvgIpc) is 1.29. The minimum Gasteiger partial charge on any atom is -0.453 e. The maximum atomic E-state index is 14.2. The van der Waals surface area contributed by atoms with Crippen molar-refractivity contribution in [1.82, 2.24) is 20.4 Å². The Morgan fingerprint density at radius 3 is 1.50 bits per heavy atom. The molecule has 16 nitrogen and oxygen atoms in total. The zero-order valence-corrected chi connectivity index (χ0v) is 37.5. The number of ether oxygens (including phenoxy) is 2. The van der Waals surface area contributed by atoms with Crippen LogP contribution < -0.4 is 26.6 Å². The molecule has 0 radical (unpaired) electrons. The minimum atomic E-state index is -3.93. The van der Waals surface area contributed by atoms with Crippen molar-refractivity contribution < 1.29 is 65.3 Å². The van der Waals surface area contributed by atoms with E-state index in [4.69, 9.17) is 21.9 Å². The number of likely N-dealkylation sites (tertiary alicyclic amines) is 2. The van der Waals surface area contributed by atoms with Gasteiger partial charge in [-0.25, -0.2) is 9.59 Å². The molecular weight excluding hydrogens is 843 g/mol. The predicted octanol–water partition coefficient (Wildman–Crippen LogP) is 7.27. The molecule has 66 heavy (non-hydrogen) atoms. The Kier molecular flexibility index (Phi) is 11.2. The average molecular weight is 928 g/mol. The van der Waals surface area contributed by atoms with Gasteiger partial charge in [-0.05, 0) is 109 Å². The third kappa shape index (κ3) is 13.2. The van der Waals surface area contributed by atoms with Gasteiger partial charge < -0.3 is 51.0 Å². The van der Waals surface area contributed by atoms with Crippen LogP contribution >= 0.6 is 0 Å². The molecule has 3 aromatic carbocycles. The van der Waals surface area contributed by atoms with Crippen molar-refractivity contribution >= 4 is 52.9 Å². The highest BCUT2D eigenvalue weighted by molar-refractivity contribution is 5.99. The largest absolute Gasteiger partial charge is 0.453 e. The highest BCUT2D eigenvalue weighted by atomic mass is 16.5. The number of carbonyl (C=O) groups is 6. The van der Waals surface area contributed by atoms with Crippen LogP contribution in [0.2, 0.25) is 0 Å². The topological polar surface area (TPSA) is 208 Å². The van der Waals surface area contributed by atoms with Crippen LogP contribution in [0, 0.1) is 11.8 Å². The van der Waals surface area contributed by atoms with E-state index >= 15 is 0 Å². The molecule has 0 spiro atoms. The van der Waals surface area contributed by atoms with Crippen LogP contribution in [0.3, 0.4) is 0 Å². The molecule has 0 aromatic heterocycles. The first kappa shape index (κ1) is 32.5. The SMILES string of the molecule is [2H]C([2H])([2H])C([2H])(C([2H])([2H])[2H])[C@]([2H])(NC(=O)OC)C(=O)N1CCC[C@@H]1C(=O)Nc1ccc(C(O)CCC(Nc2ccc(C(C)(C)C)cc2)c2ccc(NC(=O)[C@H]3CCCN3C(=O)[C@@]([2H])(NC(=O)OC)C([2H])(C([2H])([2H])[2H])C([2H])([2H])[2H])cc2)cc1. The predicted molar refractivity (Wildman–Crippen MR) is 254 cm³/mol. The molecule has 6 amide bonds. The smallest absolute Gasteiger partial charge is 0.407 e. The van der Waals surface area contributed by atoms with Gasteiger partial charge in [0.2, 0.25) is 23.6 Å². The summed E-state index contributed by atoms with van der Waals surface area (Å²) in [5, 5.41) is 23.7. The fraction of sp³-hybridized carbons (Fsp3) is 0.520. The van der Waals surface area contributed by atoms with E-state index in [0.717, 1.165) is 35.3 Å². The summed E-state index contributed by atoms with van der Waals surface area (Å²) < 4.78 is 139. The summed E-state index contributed by atoms with van der Waals surface area (Å²) >= 11 is 0. The van der Waals surface area contributed by atoms with Crippen molar-refractivity contribution in [1.29, 1.82) is 0 Å². The molecule has 2 aliphatic heterocycles. The van der Waals surface area contributed by atoms with Crippen molar-refractivity contribution in [3.05, 3.63) is 89.5 Å². The summed E-state index contributed by atoms with van der Waals surface area (Å²) in [6.07, 6.45) is -3.44. The first-order chi connectivity index (χ1) is 37.6. The number of anilines is 3. The van der Waals surface area contributed by atoms with Gasteiger partial charge >= 0.3 is 12.2 Å². The second-order valence-electron chi connectivity index (χ2n) is 16.9. The standard InChI is InChI=1S/C50H69N7O9/c1-30(2)42(54-48(63)65-8)46(61)56-28-10-12-39(56)44(59)52-36-20-14-32(15-21-36)38(51-35-24-18-34(19-25-35)50(5,6)7)26-27-41(58)33-16-22-37(23-17-33)53-45(60)40-13-11-29-57(40)47(62)43(31(3)4)55-49(64)66-9/h14-25,30-31,38-43,51,58H,10-13,26-29H2,1-9H3,(H,52,59)(H,53,60)(H,54,63)(H,55,64)/t38?,39-,40-,41?,42+,43+/m1/s1/i1D3,2D3,3D3,4D3,30D,31D,42D,43D. The quantitative estimate of drug-likeness (QED) is 0.0798. The molecular formula is C50H69N7O9. The number of methoxy groups -OCH3 is 2. The molecule has 6 atom stereocenters. The van der Waals surface area contributed by atoms with Gasteiger partial charge in [-0.3, -0.25) is 19.2 Å². The van der Waals surface area contributed by atoms with Gasteiger partial charge in [0, 0.05) is 49.3 Å². The van der Waals surface area contributed by atoms with E-state index in [-0.39, 0.29) is 62.0 Å². The van der Waals surface area contributed by atoms with E-state index < -0.39 is 111 Å². The number of hydrogen-bond acceptors (Lipinski definition) is 10. The van der Waals surface area contributed by atoms with E-state index in [2.05, 4.69) is 46.2 Å². The summed E-state index contributed by atoms with van der Waals surface area (Å²) in [5.74, 6) is -12.7. The molecule has 0 aliphatic carbocycles. The highest BCUT2D eigenvalue weighted by Crippen LogP contribution is 2.32. The van der Waals surface area contributed by atoms with Crippen LogP contribution in [0.15, 0.2) is 72.8 Å². The number of nitrogens with one attached hydrogen (secondary N) is 5. The summed E-state index contributed by atoms with van der Waals surface area (Å²) in [7, 11) is 1.65. The number of aliphatic hydroxyl groups excluding tert-OH is 1. The monoisotopic (exact) mass is 928 g/mol. The van der Waals surface area contributed by atoms with Gasteiger partial charge in [0.1, 0.15) is 24.1 Å². The Morgan fingerprint density at radius 1 is 0.667 bits per heavy atom. The van der Waals surface area contributed by atoms with Crippen LogP contribution in [0.25, 0.3) is 0 Å². The lowest BCUT2D eigenvalue weighted by molar-refractivity contribution is -0.139. The molecule has 3 aromatic rings. The zero-order valence-electron chi connectivity index (χ0n) is 53.5. The fourth-order valence-corrected chi connectivity index (χ4v) is 7.72. The Morgan fingerprint density at radius 2 is 1.09 bits per heavy atom. The van der Waals surface area contributed by atoms with Gasteiger partial charge in [-0.1, -0.05) is 84.6 Å². The molecule has 358 valence electrons. The number of rotatable bonds is 17. The normalized spacial score (nSPS) is 23.5. The van der Waals surface area contributed by atoms with E-state index in [1.54, 1.807) is 47.0 Å². The van der Waals surface area contributed by atoms with E-state index in [1.165, 1.54) is 12.1 Å². The van der Waals surface area contributed by atoms with Crippen molar-refractivity contribution in [2.75, 3.05) is 43.3 Å². The highest BCUT2D eigenvalue weighted by Gasteiger charge is 2.40. The van der Waals surface area contributed by atoms with Crippen LogP contribution in [0.4, 0.5) is 26.7 Å². The molecule has 5 rings (SSSR count). The second kappa shape index (κ2) is 22.8. The summed E-state index contributed by atoms with van der Waals surface area (Å²) in [6, 6.07) is 9.72. The van der Waals surface area contributed by atoms with Crippen LogP contribution in [0.5, 0.6) is 0 Å². The molecule has 6 N–H and O–H groups in total. The lowest BCUT2D eigenvalue weighted by Crippen LogP contribution is -2.54. The second-order valence-corrected chi connectivity index (χ2v) is 16.9. The molecule has 0 bridgehead atoms. The van der Waals surface area contributed by atoms with Gasteiger partial charge in [-0.2, -0.15) is 0 Å². The molecule has 0 saturated carbocycles. The summed E-state index contributed by atoms with van der Waals surface area (Å²) in [6.45, 7) is -9.66. The maximum Gasteiger partial charge on any atom is 0.407 e. The Labute approximate surface area is 411 Å². The number of amides is 6. The van der Waals surface area contributed by atoms with Crippen molar-refractivity contribution in [3.63, 3.8) is 0 Å². The first-order valence-corrected chi connectivity index (χ1v) is 21.3. The summed E-state index contributed by atoms with van der Waals surface area (Å²) in [5.41, 5.74) is 3.23. The van der Waals surface area contributed by atoms with E-state index in [1.807, 2.05) is 24.3 Å². The molecule has 2 heterocycles. The lowest BCUT2D eigenvalue weighted by atomic mass is 9.87. The van der Waals surface area contributed by atoms with Crippen molar-refractivity contribution in [2.24, 2.45) is 11.8 Å². The number of alkyl carbamates (subject to hydrolysis) is 2.